The van der Waals surface area contributed by atoms with E-state index in [4.69, 9.17) is 4.74 Å². The average molecular weight is 377 g/mol. The molecule has 11 atom stereocenters. The maximum Gasteiger partial charge on any atom is 0.312 e. The van der Waals surface area contributed by atoms with Gasteiger partial charge in [0, 0.05) is 29.8 Å². The standard InChI is InChI=1S/C21H31NO5/c1-3-22-9-19(2)6-5-12(23)21-11-8-10-4-7-20(26,13(11)18(25)27-10)14(17(21)22)15(24)16(19)21/h10-17,23-24,26H,3-9H2,1-2H3/t10-,11+,12-,13+,14-,15+,16+,17+,19-,20+,21-/m0/s1. The van der Waals surface area contributed by atoms with Gasteiger partial charge in [0.05, 0.1) is 23.7 Å². The van der Waals surface area contributed by atoms with Crippen molar-refractivity contribution in [2.75, 3.05) is 13.1 Å². The lowest BCUT2D eigenvalue weighted by Gasteiger charge is -2.68. The van der Waals surface area contributed by atoms with E-state index in [0.717, 1.165) is 32.4 Å². The number of aliphatic hydroxyl groups is 3. The molecule has 6 nitrogen and oxygen atoms in total. The van der Waals surface area contributed by atoms with Gasteiger partial charge >= 0.3 is 5.97 Å². The number of aliphatic hydroxyl groups excluding tert-OH is 2. The van der Waals surface area contributed by atoms with E-state index < -0.39 is 29.1 Å². The molecule has 0 aromatic carbocycles. The molecule has 3 aliphatic heterocycles. The Morgan fingerprint density at radius 1 is 1.26 bits per heavy atom. The Balaban J connectivity index is 1.66. The molecule has 0 amide bonds. The number of rotatable bonds is 1. The Kier molecular flexibility index (Phi) is 3.11. The van der Waals surface area contributed by atoms with Gasteiger partial charge < -0.3 is 20.1 Å². The lowest BCUT2D eigenvalue weighted by atomic mass is 9.42. The minimum atomic E-state index is -1.22. The number of hydrogen-bond acceptors (Lipinski definition) is 6. The Hall–Kier alpha value is -0.690. The van der Waals surface area contributed by atoms with Crippen molar-refractivity contribution in [3.63, 3.8) is 0 Å². The second-order valence-corrected chi connectivity index (χ2v) is 10.6. The monoisotopic (exact) mass is 377 g/mol. The van der Waals surface area contributed by atoms with Crippen molar-refractivity contribution in [2.45, 2.75) is 75.9 Å². The van der Waals surface area contributed by atoms with E-state index in [9.17, 15) is 20.1 Å². The number of ether oxygens (including phenoxy) is 1. The number of fused-ring (bicyclic) bond motifs is 2. The molecular weight excluding hydrogens is 346 g/mol. The molecular formula is C21H31NO5. The van der Waals surface area contributed by atoms with Crippen LogP contribution in [0, 0.1) is 34.5 Å². The first-order valence-electron chi connectivity index (χ1n) is 10.8. The molecule has 150 valence electrons. The van der Waals surface area contributed by atoms with Crippen molar-refractivity contribution >= 4 is 5.97 Å². The summed E-state index contributed by atoms with van der Waals surface area (Å²) in [4.78, 5) is 15.4. The molecule has 3 heterocycles. The molecule has 27 heavy (non-hydrogen) atoms. The highest BCUT2D eigenvalue weighted by Crippen LogP contribution is 2.76. The van der Waals surface area contributed by atoms with Crippen molar-refractivity contribution in [3.05, 3.63) is 0 Å². The van der Waals surface area contributed by atoms with E-state index in [1.165, 1.54) is 0 Å². The topological polar surface area (TPSA) is 90.2 Å². The highest BCUT2D eigenvalue weighted by Gasteiger charge is 2.84. The van der Waals surface area contributed by atoms with Gasteiger partial charge in [-0.1, -0.05) is 13.8 Å². The van der Waals surface area contributed by atoms with Crippen molar-refractivity contribution in [3.8, 4) is 0 Å². The van der Waals surface area contributed by atoms with Gasteiger partial charge in [-0.2, -0.15) is 0 Å². The van der Waals surface area contributed by atoms with Gasteiger partial charge in [0.25, 0.3) is 0 Å². The molecule has 1 spiro atoms. The summed E-state index contributed by atoms with van der Waals surface area (Å²) in [7, 11) is 0. The maximum atomic E-state index is 13.0. The van der Waals surface area contributed by atoms with Gasteiger partial charge in [-0.25, -0.2) is 0 Å². The van der Waals surface area contributed by atoms with E-state index in [2.05, 4.69) is 18.7 Å². The average Bonchev–Trinajstić information content (AvgIpc) is 2.68. The number of likely N-dealkylation sites (tertiary alicyclic amines) is 1. The first-order valence-corrected chi connectivity index (χ1v) is 10.8. The zero-order valence-corrected chi connectivity index (χ0v) is 16.2. The molecule has 3 saturated heterocycles. The van der Waals surface area contributed by atoms with Crippen molar-refractivity contribution < 1.29 is 24.9 Å². The predicted octanol–water partition coefficient (Wildman–Crippen LogP) is 0.531. The number of hydrogen-bond donors (Lipinski definition) is 3. The third kappa shape index (κ3) is 1.61. The minimum absolute atomic E-state index is 0.0539. The van der Waals surface area contributed by atoms with E-state index in [1.54, 1.807) is 0 Å². The zero-order valence-electron chi connectivity index (χ0n) is 16.2. The second-order valence-electron chi connectivity index (χ2n) is 10.6. The molecule has 9 bridgehead atoms. The summed E-state index contributed by atoms with van der Waals surface area (Å²) >= 11 is 0. The van der Waals surface area contributed by atoms with Gasteiger partial charge in [-0.3, -0.25) is 9.69 Å². The van der Waals surface area contributed by atoms with Crippen LogP contribution < -0.4 is 0 Å². The molecule has 7 rings (SSSR count). The lowest BCUT2D eigenvalue weighted by Crippen LogP contribution is -2.76. The molecule has 0 aromatic heterocycles. The Morgan fingerprint density at radius 3 is 2.78 bits per heavy atom. The number of carbonyl (C=O) groups is 1. The molecule has 7 aliphatic rings. The van der Waals surface area contributed by atoms with Crippen LogP contribution in [-0.2, 0) is 9.53 Å². The smallest absolute Gasteiger partial charge is 0.312 e. The van der Waals surface area contributed by atoms with Crippen LogP contribution >= 0.6 is 0 Å². The summed E-state index contributed by atoms with van der Waals surface area (Å²) < 4.78 is 5.67. The van der Waals surface area contributed by atoms with Gasteiger partial charge in [0.1, 0.15) is 6.10 Å². The SMILES string of the molecule is CCN1C[C@]2(C)CC[C@H](O)[C@@]34[C@@H]5C[C@@H]6CC[C@](O)([C@@H]([C@@H](O)[C@H]23)[C@@H]14)[C@H]5C(=O)O6. The first-order chi connectivity index (χ1) is 12.8. The van der Waals surface area contributed by atoms with Crippen LogP contribution in [0.15, 0.2) is 0 Å². The number of piperidine rings is 1. The highest BCUT2D eigenvalue weighted by atomic mass is 16.5. The van der Waals surface area contributed by atoms with Gasteiger partial charge in [0.2, 0.25) is 0 Å². The molecule has 4 aliphatic carbocycles. The second kappa shape index (κ2) is 4.89. The largest absolute Gasteiger partial charge is 0.462 e. The molecule has 6 heteroatoms. The van der Waals surface area contributed by atoms with Crippen LogP contribution in [0.25, 0.3) is 0 Å². The number of esters is 1. The van der Waals surface area contributed by atoms with Crippen LogP contribution in [0.1, 0.15) is 46.0 Å². The predicted molar refractivity (Wildman–Crippen MR) is 95.5 cm³/mol. The normalized spacial score (nSPS) is 63.7. The number of nitrogens with zero attached hydrogens (tertiary/aromatic N) is 1. The van der Waals surface area contributed by atoms with E-state index in [-0.39, 0.29) is 41.3 Å². The fourth-order valence-corrected chi connectivity index (χ4v) is 9.35. The summed E-state index contributed by atoms with van der Waals surface area (Å²) in [6, 6.07) is -0.0539. The summed E-state index contributed by atoms with van der Waals surface area (Å²) in [5, 5.41) is 35.1. The van der Waals surface area contributed by atoms with Crippen LogP contribution in [0.5, 0.6) is 0 Å². The Labute approximate surface area is 159 Å². The quantitative estimate of drug-likeness (QED) is 0.578. The molecule has 7 fully saturated rings. The third-order valence-electron chi connectivity index (χ3n) is 9.86. The molecule has 4 saturated carbocycles. The van der Waals surface area contributed by atoms with E-state index >= 15 is 0 Å². The molecule has 0 radical (unpaired) electrons. The lowest BCUT2D eigenvalue weighted by molar-refractivity contribution is -0.265. The minimum Gasteiger partial charge on any atom is -0.462 e. The van der Waals surface area contributed by atoms with E-state index in [0.29, 0.717) is 12.8 Å². The van der Waals surface area contributed by atoms with Crippen LogP contribution in [-0.4, -0.2) is 69.2 Å². The van der Waals surface area contributed by atoms with Crippen LogP contribution in [0.2, 0.25) is 0 Å². The van der Waals surface area contributed by atoms with Gasteiger partial charge in [0.15, 0.2) is 0 Å². The maximum absolute atomic E-state index is 13.0. The summed E-state index contributed by atoms with van der Waals surface area (Å²) in [5.41, 5.74) is -1.83. The molecule has 0 aromatic rings. The summed E-state index contributed by atoms with van der Waals surface area (Å²) in [6.07, 6.45) is 2.13. The van der Waals surface area contributed by atoms with Gasteiger partial charge in [-0.05, 0) is 50.0 Å². The summed E-state index contributed by atoms with van der Waals surface area (Å²) in [5.74, 6) is -1.45. The van der Waals surface area contributed by atoms with Crippen molar-refractivity contribution in [1.82, 2.24) is 4.90 Å². The Morgan fingerprint density at radius 2 is 2.04 bits per heavy atom. The fourth-order valence-electron chi connectivity index (χ4n) is 9.35. The van der Waals surface area contributed by atoms with Gasteiger partial charge in [-0.15, -0.1) is 0 Å². The summed E-state index contributed by atoms with van der Waals surface area (Å²) in [6.45, 7) is 6.14. The first kappa shape index (κ1) is 17.2. The third-order valence-corrected chi connectivity index (χ3v) is 9.86. The van der Waals surface area contributed by atoms with Crippen molar-refractivity contribution in [2.24, 2.45) is 34.5 Å². The zero-order chi connectivity index (χ0) is 18.9. The highest BCUT2D eigenvalue weighted by molar-refractivity contribution is 5.77. The molecule has 3 N–H and O–H groups in total. The Bertz CT molecular complexity index is 715. The van der Waals surface area contributed by atoms with Crippen molar-refractivity contribution in [1.29, 1.82) is 0 Å². The molecule has 0 unspecified atom stereocenters. The number of carbonyl (C=O) groups excluding carboxylic acids is 1. The fraction of sp³-hybridized carbons (Fsp3) is 0.952. The van der Waals surface area contributed by atoms with Crippen LogP contribution in [0.3, 0.4) is 0 Å². The van der Waals surface area contributed by atoms with E-state index in [1.807, 2.05) is 0 Å². The van der Waals surface area contributed by atoms with Crippen LogP contribution in [0.4, 0.5) is 0 Å².